The molecule has 3 N–H and O–H groups in total. The number of urea groups is 1. The number of likely N-dealkylation sites (tertiary alicyclic amines) is 1. The second-order valence-electron chi connectivity index (χ2n) is 9.16. The van der Waals surface area contributed by atoms with Crippen LogP contribution in [0.5, 0.6) is 5.75 Å². The molecule has 182 valence electrons. The number of rotatable bonds is 9. The summed E-state index contributed by atoms with van der Waals surface area (Å²) in [5, 5.41) is 14.8. The molecule has 0 atom stereocenters. The zero-order valence-corrected chi connectivity index (χ0v) is 19.6. The Morgan fingerprint density at radius 1 is 0.970 bits per heavy atom. The largest absolute Gasteiger partial charge is 0.490 e. The van der Waals surface area contributed by atoms with Crippen LogP contribution in [0, 0.1) is 11.8 Å². The van der Waals surface area contributed by atoms with E-state index < -0.39 is 5.97 Å². The average Bonchev–Trinajstić information content (AvgIpc) is 2.83. The Labute approximate surface area is 196 Å². The lowest BCUT2D eigenvalue weighted by Crippen LogP contribution is -2.46. The maximum atomic E-state index is 12.4. The number of carbonyl (C=O) groups is 3. The fourth-order valence-corrected chi connectivity index (χ4v) is 4.70. The fourth-order valence-electron chi connectivity index (χ4n) is 4.70. The van der Waals surface area contributed by atoms with Crippen molar-refractivity contribution in [1.82, 2.24) is 15.5 Å². The lowest BCUT2D eigenvalue weighted by molar-refractivity contribution is -0.143. The summed E-state index contributed by atoms with van der Waals surface area (Å²) in [7, 11) is 0. The van der Waals surface area contributed by atoms with Gasteiger partial charge in [0.05, 0.1) is 12.0 Å². The molecule has 1 aromatic carbocycles. The van der Waals surface area contributed by atoms with Gasteiger partial charge in [-0.3, -0.25) is 9.59 Å². The van der Waals surface area contributed by atoms with E-state index in [0.29, 0.717) is 37.2 Å². The van der Waals surface area contributed by atoms with Crippen molar-refractivity contribution < 1.29 is 24.2 Å². The van der Waals surface area contributed by atoms with Gasteiger partial charge in [-0.15, -0.1) is 0 Å². The van der Waals surface area contributed by atoms with Gasteiger partial charge >= 0.3 is 12.0 Å². The molecule has 0 spiro atoms. The first-order chi connectivity index (χ1) is 16.0. The van der Waals surface area contributed by atoms with Gasteiger partial charge in [-0.1, -0.05) is 19.8 Å². The third-order valence-electron chi connectivity index (χ3n) is 6.73. The van der Waals surface area contributed by atoms with Crippen LogP contribution in [0.15, 0.2) is 24.3 Å². The molecule has 3 rings (SSSR count). The number of nitrogens with zero attached hydrogens (tertiary/aromatic N) is 1. The van der Waals surface area contributed by atoms with Gasteiger partial charge in [0, 0.05) is 31.7 Å². The van der Waals surface area contributed by atoms with E-state index in [-0.39, 0.29) is 24.0 Å². The number of amides is 3. The first-order valence-corrected chi connectivity index (χ1v) is 12.3. The SMILES string of the molecule is CCCC1CCN(C(=O)NCCNC(=O)c2ccc(OC3CCC(C(=O)O)CC3)cc2)CC1. The highest BCUT2D eigenvalue weighted by atomic mass is 16.5. The van der Waals surface area contributed by atoms with E-state index in [1.54, 1.807) is 24.3 Å². The van der Waals surface area contributed by atoms with E-state index in [9.17, 15) is 14.4 Å². The molecule has 1 aliphatic carbocycles. The third kappa shape index (κ3) is 7.65. The van der Waals surface area contributed by atoms with Crippen LogP contribution in [-0.2, 0) is 4.79 Å². The van der Waals surface area contributed by atoms with Gasteiger partial charge in [0.1, 0.15) is 5.75 Å². The molecule has 0 aromatic heterocycles. The molecule has 33 heavy (non-hydrogen) atoms. The van der Waals surface area contributed by atoms with E-state index in [1.807, 2.05) is 4.90 Å². The predicted molar refractivity (Wildman–Crippen MR) is 125 cm³/mol. The van der Waals surface area contributed by atoms with E-state index in [2.05, 4.69) is 17.6 Å². The number of hydrogen-bond acceptors (Lipinski definition) is 4. The molecular formula is C25H37N3O5. The van der Waals surface area contributed by atoms with Crippen LogP contribution in [0.4, 0.5) is 4.79 Å². The van der Waals surface area contributed by atoms with Crippen molar-refractivity contribution in [2.75, 3.05) is 26.2 Å². The molecule has 1 aromatic rings. The Balaban J connectivity index is 1.32. The number of piperidine rings is 1. The van der Waals surface area contributed by atoms with Crippen molar-refractivity contribution in [1.29, 1.82) is 0 Å². The summed E-state index contributed by atoms with van der Waals surface area (Å²) >= 11 is 0. The minimum atomic E-state index is -0.726. The van der Waals surface area contributed by atoms with Crippen molar-refractivity contribution in [2.24, 2.45) is 11.8 Å². The quantitative estimate of drug-likeness (QED) is 0.489. The number of nitrogens with one attached hydrogen (secondary N) is 2. The smallest absolute Gasteiger partial charge is 0.317 e. The predicted octanol–water partition coefficient (Wildman–Crippen LogP) is 3.66. The molecular weight excluding hydrogens is 422 g/mol. The number of carbonyl (C=O) groups excluding carboxylic acids is 2. The molecule has 0 bridgehead atoms. The molecule has 1 heterocycles. The monoisotopic (exact) mass is 459 g/mol. The van der Waals surface area contributed by atoms with Crippen molar-refractivity contribution in [3.63, 3.8) is 0 Å². The summed E-state index contributed by atoms with van der Waals surface area (Å²) in [6, 6.07) is 6.90. The highest BCUT2D eigenvalue weighted by molar-refractivity contribution is 5.94. The average molecular weight is 460 g/mol. The van der Waals surface area contributed by atoms with Gasteiger partial charge in [-0.25, -0.2) is 4.79 Å². The lowest BCUT2D eigenvalue weighted by Gasteiger charge is -2.31. The normalized spacial score (nSPS) is 21.3. The Kier molecular flexibility index (Phi) is 9.39. The van der Waals surface area contributed by atoms with Gasteiger partial charge in [-0.2, -0.15) is 0 Å². The maximum Gasteiger partial charge on any atom is 0.317 e. The van der Waals surface area contributed by atoms with E-state index in [4.69, 9.17) is 9.84 Å². The second kappa shape index (κ2) is 12.5. The Hall–Kier alpha value is -2.77. The summed E-state index contributed by atoms with van der Waals surface area (Å²) in [5.41, 5.74) is 0.529. The second-order valence-corrected chi connectivity index (χ2v) is 9.16. The molecule has 1 saturated heterocycles. The number of benzene rings is 1. The van der Waals surface area contributed by atoms with Crippen LogP contribution in [-0.4, -0.2) is 60.2 Å². The molecule has 8 heteroatoms. The zero-order chi connectivity index (χ0) is 23.6. The van der Waals surface area contributed by atoms with Crippen LogP contribution in [0.1, 0.15) is 68.6 Å². The Morgan fingerprint density at radius 3 is 2.21 bits per heavy atom. The van der Waals surface area contributed by atoms with E-state index in [0.717, 1.165) is 44.7 Å². The van der Waals surface area contributed by atoms with Crippen molar-refractivity contribution in [3.05, 3.63) is 29.8 Å². The first-order valence-electron chi connectivity index (χ1n) is 12.3. The van der Waals surface area contributed by atoms with E-state index in [1.165, 1.54) is 12.8 Å². The van der Waals surface area contributed by atoms with Crippen molar-refractivity contribution in [3.8, 4) is 5.75 Å². The number of hydrogen-bond donors (Lipinski definition) is 3. The molecule has 2 fully saturated rings. The van der Waals surface area contributed by atoms with Crippen LogP contribution < -0.4 is 15.4 Å². The minimum absolute atomic E-state index is 0.0151. The first kappa shape index (κ1) is 24.9. The lowest BCUT2D eigenvalue weighted by atomic mass is 9.87. The van der Waals surface area contributed by atoms with Crippen molar-refractivity contribution in [2.45, 2.75) is 64.4 Å². The summed E-state index contributed by atoms with van der Waals surface area (Å²) in [5.74, 6) is 0.231. The van der Waals surface area contributed by atoms with Gasteiger partial charge in [0.2, 0.25) is 0 Å². The van der Waals surface area contributed by atoms with E-state index >= 15 is 0 Å². The molecule has 8 nitrogen and oxygen atoms in total. The standard InChI is InChI=1S/C25H37N3O5/c1-2-3-18-12-16-28(17-13-18)25(32)27-15-14-26-23(29)19-4-8-21(9-5-19)33-22-10-6-20(7-11-22)24(30)31/h4-5,8-9,18,20,22H,2-3,6-7,10-17H2,1H3,(H,26,29)(H,27,32)(H,30,31). The number of ether oxygens (including phenoxy) is 1. The molecule has 3 amide bonds. The molecule has 1 saturated carbocycles. The van der Waals surface area contributed by atoms with Crippen LogP contribution in [0.2, 0.25) is 0 Å². The fraction of sp³-hybridized carbons (Fsp3) is 0.640. The van der Waals surface area contributed by atoms with Crippen molar-refractivity contribution >= 4 is 17.9 Å². The highest BCUT2D eigenvalue weighted by Crippen LogP contribution is 2.28. The van der Waals surface area contributed by atoms with Gasteiger partial charge in [0.25, 0.3) is 5.91 Å². The van der Waals surface area contributed by atoms with Crippen LogP contribution >= 0.6 is 0 Å². The maximum absolute atomic E-state index is 12.4. The van der Waals surface area contributed by atoms with Gasteiger partial charge in [-0.05, 0) is 68.7 Å². The highest BCUT2D eigenvalue weighted by Gasteiger charge is 2.27. The van der Waals surface area contributed by atoms with Gasteiger partial charge < -0.3 is 25.4 Å². The zero-order valence-electron chi connectivity index (χ0n) is 19.6. The minimum Gasteiger partial charge on any atom is -0.490 e. The van der Waals surface area contributed by atoms with Gasteiger partial charge in [0.15, 0.2) is 0 Å². The number of carboxylic acid groups (broad SMARTS) is 1. The third-order valence-corrected chi connectivity index (χ3v) is 6.73. The molecule has 1 aliphatic heterocycles. The summed E-state index contributed by atoms with van der Waals surface area (Å²) in [6.07, 6.45) is 7.31. The van der Waals surface area contributed by atoms with Crippen LogP contribution in [0.25, 0.3) is 0 Å². The molecule has 0 radical (unpaired) electrons. The molecule has 0 unspecified atom stereocenters. The number of aliphatic carboxylic acids is 1. The Bertz CT molecular complexity index is 782. The molecule has 2 aliphatic rings. The number of carboxylic acids is 1. The topological polar surface area (TPSA) is 108 Å². The summed E-state index contributed by atoms with van der Waals surface area (Å²) < 4.78 is 5.94. The summed E-state index contributed by atoms with van der Waals surface area (Å²) in [6.45, 7) is 4.56. The van der Waals surface area contributed by atoms with Crippen LogP contribution in [0.3, 0.4) is 0 Å². The summed E-state index contributed by atoms with van der Waals surface area (Å²) in [4.78, 5) is 37.6. The Morgan fingerprint density at radius 2 is 1.61 bits per heavy atom.